The first-order valence-corrected chi connectivity index (χ1v) is 9.41. The minimum absolute atomic E-state index is 0.0139. The van der Waals surface area contributed by atoms with E-state index in [0.29, 0.717) is 31.8 Å². The Hall–Kier alpha value is -2.50. The summed E-state index contributed by atoms with van der Waals surface area (Å²) in [7, 11) is 0. The van der Waals surface area contributed by atoms with Gasteiger partial charge in [-0.2, -0.15) is 0 Å². The van der Waals surface area contributed by atoms with Crippen LogP contribution in [0.5, 0.6) is 5.75 Å². The standard InChI is InChI=1S/C20H27N3O3/c1-4-22(5-2)20(25)23(16-7-8-16)13-15-11-14-12-17(26-6-3)9-10-18(14)21-19(15)24/h9-12,16H,4-8,13H2,1-3H3,(H,21,24). The highest BCUT2D eigenvalue weighted by Crippen LogP contribution is 2.29. The summed E-state index contributed by atoms with van der Waals surface area (Å²) in [6, 6.07) is 7.76. The maximum atomic E-state index is 12.8. The number of benzene rings is 1. The molecule has 1 saturated carbocycles. The van der Waals surface area contributed by atoms with Crippen molar-refractivity contribution in [3.05, 3.63) is 40.2 Å². The van der Waals surface area contributed by atoms with Crippen LogP contribution in [0, 0.1) is 0 Å². The first-order valence-electron chi connectivity index (χ1n) is 9.41. The Kier molecular flexibility index (Phi) is 5.49. The minimum Gasteiger partial charge on any atom is -0.494 e. The number of nitrogens with zero attached hydrogens (tertiary/aromatic N) is 2. The smallest absolute Gasteiger partial charge is 0.320 e. The number of ether oxygens (including phenoxy) is 1. The van der Waals surface area contributed by atoms with Crippen LogP contribution >= 0.6 is 0 Å². The highest BCUT2D eigenvalue weighted by atomic mass is 16.5. The third-order valence-corrected chi connectivity index (χ3v) is 4.81. The van der Waals surface area contributed by atoms with E-state index in [9.17, 15) is 9.59 Å². The summed E-state index contributed by atoms with van der Waals surface area (Å²) in [6.07, 6.45) is 2.01. The van der Waals surface area contributed by atoms with Gasteiger partial charge in [-0.15, -0.1) is 0 Å². The van der Waals surface area contributed by atoms with Crippen LogP contribution in [0.2, 0.25) is 0 Å². The van der Waals surface area contributed by atoms with E-state index in [0.717, 1.165) is 29.5 Å². The zero-order valence-corrected chi connectivity index (χ0v) is 15.7. The molecule has 1 heterocycles. The Labute approximate surface area is 153 Å². The fourth-order valence-corrected chi connectivity index (χ4v) is 3.20. The predicted molar refractivity (Wildman–Crippen MR) is 103 cm³/mol. The van der Waals surface area contributed by atoms with Gasteiger partial charge in [-0.25, -0.2) is 4.79 Å². The van der Waals surface area contributed by atoms with Crippen LogP contribution in [0.3, 0.4) is 0 Å². The van der Waals surface area contributed by atoms with Gasteiger partial charge in [-0.3, -0.25) is 4.79 Å². The van der Waals surface area contributed by atoms with E-state index in [2.05, 4.69) is 4.98 Å². The van der Waals surface area contributed by atoms with E-state index in [4.69, 9.17) is 4.74 Å². The van der Waals surface area contributed by atoms with Crippen LogP contribution in [0.15, 0.2) is 29.1 Å². The number of urea groups is 1. The largest absolute Gasteiger partial charge is 0.494 e. The number of carbonyl (C=O) groups is 1. The summed E-state index contributed by atoms with van der Waals surface area (Å²) in [5, 5.41) is 0.914. The molecule has 6 nitrogen and oxygen atoms in total. The Morgan fingerprint density at radius 3 is 2.54 bits per heavy atom. The maximum absolute atomic E-state index is 12.8. The van der Waals surface area contributed by atoms with Gasteiger partial charge in [0.15, 0.2) is 0 Å². The number of carbonyl (C=O) groups excluding carboxylic acids is 1. The van der Waals surface area contributed by atoms with E-state index >= 15 is 0 Å². The van der Waals surface area contributed by atoms with Gasteiger partial charge in [-0.1, -0.05) is 0 Å². The van der Waals surface area contributed by atoms with Gasteiger partial charge in [0.25, 0.3) is 5.56 Å². The molecule has 0 aliphatic heterocycles. The van der Waals surface area contributed by atoms with E-state index in [1.165, 1.54) is 0 Å². The van der Waals surface area contributed by atoms with Crippen molar-refractivity contribution in [2.24, 2.45) is 0 Å². The number of aromatic amines is 1. The monoisotopic (exact) mass is 357 g/mol. The van der Waals surface area contributed by atoms with E-state index in [1.54, 1.807) is 4.90 Å². The number of amides is 2. The third-order valence-electron chi connectivity index (χ3n) is 4.81. The Morgan fingerprint density at radius 1 is 1.19 bits per heavy atom. The SMILES string of the molecule is CCOc1ccc2[nH]c(=O)c(CN(C(=O)N(CC)CC)C3CC3)cc2c1. The fraction of sp³-hybridized carbons (Fsp3) is 0.500. The van der Waals surface area contributed by atoms with Crippen LogP contribution < -0.4 is 10.3 Å². The van der Waals surface area contributed by atoms with Crippen molar-refractivity contribution in [2.45, 2.75) is 46.2 Å². The van der Waals surface area contributed by atoms with Crippen molar-refractivity contribution in [1.82, 2.24) is 14.8 Å². The molecule has 1 aliphatic carbocycles. The quantitative estimate of drug-likeness (QED) is 0.826. The van der Waals surface area contributed by atoms with E-state index in [-0.39, 0.29) is 17.6 Å². The van der Waals surface area contributed by atoms with Gasteiger partial charge < -0.3 is 19.5 Å². The second-order valence-corrected chi connectivity index (χ2v) is 6.62. The van der Waals surface area contributed by atoms with Crippen molar-refractivity contribution >= 4 is 16.9 Å². The molecule has 0 atom stereocenters. The van der Waals surface area contributed by atoms with Crippen molar-refractivity contribution in [3.63, 3.8) is 0 Å². The fourth-order valence-electron chi connectivity index (χ4n) is 3.20. The molecule has 6 heteroatoms. The molecular weight excluding hydrogens is 330 g/mol. The number of aromatic nitrogens is 1. The van der Waals surface area contributed by atoms with Gasteiger partial charge in [0, 0.05) is 35.6 Å². The number of fused-ring (bicyclic) bond motifs is 1. The first-order chi connectivity index (χ1) is 12.6. The molecular formula is C20H27N3O3. The molecule has 2 amide bonds. The van der Waals surface area contributed by atoms with Gasteiger partial charge in [0.2, 0.25) is 0 Å². The Morgan fingerprint density at radius 2 is 1.92 bits per heavy atom. The molecule has 0 radical (unpaired) electrons. The average molecular weight is 357 g/mol. The second-order valence-electron chi connectivity index (χ2n) is 6.62. The summed E-state index contributed by atoms with van der Waals surface area (Å²) in [6.45, 7) is 8.17. The van der Waals surface area contributed by atoms with Crippen LogP contribution in [0.1, 0.15) is 39.2 Å². The third kappa shape index (κ3) is 3.84. The van der Waals surface area contributed by atoms with E-state index < -0.39 is 0 Å². The zero-order valence-electron chi connectivity index (χ0n) is 15.7. The summed E-state index contributed by atoms with van der Waals surface area (Å²) in [5.74, 6) is 0.774. The second kappa shape index (κ2) is 7.81. The normalized spacial score (nSPS) is 13.7. The molecule has 0 saturated heterocycles. The summed E-state index contributed by atoms with van der Waals surface area (Å²) in [4.78, 5) is 31.9. The number of pyridine rings is 1. The Bertz CT molecular complexity index is 838. The van der Waals surface area contributed by atoms with Crippen molar-refractivity contribution in [3.8, 4) is 5.75 Å². The molecule has 2 aromatic rings. The van der Waals surface area contributed by atoms with Crippen molar-refractivity contribution < 1.29 is 9.53 Å². The molecule has 1 fully saturated rings. The van der Waals surface area contributed by atoms with Crippen molar-refractivity contribution in [1.29, 1.82) is 0 Å². The first kappa shape index (κ1) is 18.3. The van der Waals surface area contributed by atoms with Gasteiger partial charge in [0.1, 0.15) is 5.75 Å². The summed E-state index contributed by atoms with van der Waals surface area (Å²) in [5.41, 5.74) is 1.24. The molecule has 0 spiro atoms. The summed E-state index contributed by atoms with van der Waals surface area (Å²) >= 11 is 0. The molecule has 1 N–H and O–H groups in total. The highest BCUT2D eigenvalue weighted by molar-refractivity contribution is 5.81. The van der Waals surface area contributed by atoms with Crippen LogP contribution in [-0.4, -0.2) is 46.6 Å². The lowest BCUT2D eigenvalue weighted by atomic mass is 10.1. The topological polar surface area (TPSA) is 65.6 Å². The van der Waals surface area contributed by atoms with Gasteiger partial charge >= 0.3 is 6.03 Å². The number of H-pyrrole nitrogens is 1. The number of hydrogen-bond acceptors (Lipinski definition) is 3. The van der Waals surface area contributed by atoms with Gasteiger partial charge in [0.05, 0.1) is 13.2 Å². The molecule has 0 unspecified atom stereocenters. The van der Waals surface area contributed by atoms with E-state index in [1.807, 2.05) is 49.9 Å². The lowest BCUT2D eigenvalue weighted by Crippen LogP contribution is -2.44. The molecule has 1 aromatic carbocycles. The van der Waals surface area contributed by atoms with Gasteiger partial charge in [-0.05, 0) is 57.9 Å². The molecule has 1 aromatic heterocycles. The molecule has 0 bridgehead atoms. The average Bonchev–Trinajstić information content (AvgIpc) is 3.46. The molecule has 3 rings (SSSR count). The zero-order chi connectivity index (χ0) is 18.7. The lowest BCUT2D eigenvalue weighted by molar-refractivity contribution is 0.151. The van der Waals surface area contributed by atoms with Crippen LogP contribution in [0.4, 0.5) is 4.79 Å². The van der Waals surface area contributed by atoms with Crippen LogP contribution in [0.25, 0.3) is 10.9 Å². The van der Waals surface area contributed by atoms with Crippen molar-refractivity contribution in [2.75, 3.05) is 19.7 Å². The Balaban J connectivity index is 1.91. The predicted octanol–water partition coefficient (Wildman–Crippen LogP) is 3.35. The lowest BCUT2D eigenvalue weighted by Gasteiger charge is -2.29. The number of rotatable bonds is 7. The molecule has 1 aliphatic rings. The highest BCUT2D eigenvalue weighted by Gasteiger charge is 2.34. The number of nitrogens with one attached hydrogen (secondary N) is 1. The molecule has 140 valence electrons. The van der Waals surface area contributed by atoms with Crippen LogP contribution in [-0.2, 0) is 6.54 Å². The summed E-state index contributed by atoms with van der Waals surface area (Å²) < 4.78 is 5.55. The maximum Gasteiger partial charge on any atom is 0.320 e. The molecule has 26 heavy (non-hydrogen) atoms. The number of hydrogen-bond donors (Lipinski definition) is 1. The minimum atomic E-state index is -0.139.